The summed E-state index contributed by atoms with van der Waals surface area (Å²) < 4.78 is 43.3. The molecule has 0 aromatic heterocycles. The van der Waals surface area contributed by atoms with E-state index in [-0.39, 0.29) is 6.08 Å². The van der Waals surface area contributed by atoms with Gasteiger partial charge in [0.25, 0.3) is 0 Å². The first-order valence-electron chi connectivity index (χ1n) is 1.77. The molecule has 0 radical (unpaired) electrons. The van der Waals surface area contributed by atoms with Crippen LogP contribution in [0, 0.1) is 0 Å². The Hall–Kier alpha value is -0.160. The van der Waals surface area contributed by atoms with Crippen LogP contribution in [0.1, 0.15) is 0 Å². The molecular formula is C3H3ClF2O2S. The highest BCUT2D eigenvalue weighted by atomic mass is 35.7. The molecule has 0 saturated heterocycles. The van der Waals surface area contributed by atoms with Gasteiger partial charge >= 0.3 is 14.3 Å². The van der Waals surface area contributed by atoms with Crippen molar-refractivity contribution < 1.29 is 17.2 Å². The summed E-state index contributed by atoms with van der Waals surface area (Å²) in [4.78, 5) is 0. The third-order valence-corrected chi connectivity index (χ3v) is 2.00. The number of hydrogen-bond acceptors (Lipinski definition) is 2. The molecule has 0 rings (SSSR count). The summed E-state index contributed by atoms with van der Waals surface area (Å²) in [6.45, 7) is 2.59. The standard InChI is InChI=1S/C3H3ClF2O2S/c1-2-3(5,6)9(4,7)8/h2H,1H2. The molecule has 0 fully saturated rings. The molecule has 0 aliphatic carbocycles. The Balaban J connectivity index is 4.77. The van der Waals surface area contributed by atoms with E-state index in [1.54, 1.807) is 0 Å². The molecule has 0 saturated carbocycles. The van der Waals surface area contributed by atoms with E-state index in [4.69, 9.17) is 0 Å². The minimum absolute atomic E-state index is 0.0324. The fourth-order valence-corrected chi connectivity index (χ4v) is 0.488. The van der Waals surface area contributed by atoms with Gasteiger partial charge in [0.1, 0.15) is 0 Å². The average molecular weight is 177 g/mol. The first kappa shape index (κ1) is 8.84. The van der Waals surface area contributed by atoms with Crippen LogP contribution < -0.4 is 0 Å². The molecule has 0 amide bonds. The van der Waals surface area contributed by atoms with Gasteiger partial charge in [-0.05, 0) is 6.08 Å². The van der Waals surface area contributed by atoms with Crippen molar-refractivity contribution in [3.63, 3.8) is 0 Å². The predicted molar refractivity (Wildman–Crippen MR) is 29.9 cm³/mol. The Morgan fingerprint density at radius 1 is 1.56 bits per heavy atom. The average Bonchev–Trinajstić information content (AvgIpc) is 1.64. The Morgan fingerprint density at radius 3 is 1.89 bits per heavy atom. The fraction of sp³-hybridized carbons (Fsp3) is 0.333. The summed E-state index contributed by atoms with van der Waals surface area (Å²) in [5.41, 5.74) is 0. The van der Waals surface area contributed by atoms with Crippen molar-refractivity contribution in [2.75, 3.05) is 0 Å². The maximum absolute atomic E-state index is 11.8. The molecule has 0 atom stereocenters. The van der Waals surface area contributed by atoms with Crippen LogP contribution in [-0.2, 0) is 9.05 Å². The normalized spacial score (nSPS) is 13.2. The zero-order chi connectivity index (χ0) is 7.71. The molecular weight excluding hydrogens is 174 g/mol. The quantitative estimate of drug-likeness (QED) is 0.470. The molecule has 9 heavy (non-hydrogen) atoms. The fourth-order valence-electron chi connectivity index (χ4n) is 0.0995. The van der Waals surface area contributed by atoms with Gasteiger partial charge in [-0.2, -0.15) is 8.78 Å². The second-order valence-electron chi connectivity index (χ2n) is 1.20. The molecule has 0 aliphatic rings. The number of halogens is 3. The SMILES string of the molecule is C=CC(F)(F)S(=O)(=O)Cl. The highest BCUT2D eigenvalue weighted by Crippen LogP contribution is 2.25. The van der Waals surface area contributed by atoms with Gasteiger partial charge in [0, 0.05) is 10.7 Å². The second-order valence-corrected chi connectivity index (χ2v) is 3.84. The molecule has 0 spiro atoms. The Kier molecular flexibility index (Phi) is 2.19. The third-order valence-electron chi connectivity index (χ3n) is 0.563. The molecule has 0 unspecified atom stereocenters. The summed E-state index contributed by atoms with van der Waals surface area (Å²) in [7, 11) is -0.556. The van der Waals surface area contributed by atoms with Crippen molar-refractivity contribution in [3.8, 4) is 0 Å². The highest BCUT2D eigenvalue weighted by molar-refractivity contribution is 8.14. The summed E-state index contributed by atoms with van der Waals surface area (Å²) in [5.74, 6) is 0. The van der Waals surface area contributed by atoms with Gasteiger partial charge in [0.05, 0.1) is 0 Å². The van der Waals surface area contributed by atoms with Crippen LogP contribution in [0.4, 0.5) is 8.78 Å². The molecule has 6 heteroatoms. The molecule has 0 heterocycles. The summed E-state index contributed by atoms with van der Waals surface area (Å²) in [6, 6.07) is 0. The minimum Gasteiger partial charge on any atom is -0.205 e. The molecule has 54 valence electrons. The molecule has 0 N–H and O–H groups in total. The molecule has 0 aromatic carbocycles. The van der Waals surface area contributed by atoms with E-state index in [2.05, 4.69) is 17.3 Å². The Morgan fingerprint density at radius 2 is 1.89 bits per heavy atom. The van der Waals surface area contributed by atoms with Crippen molar-refractivity contribution in [2.24, 2.45) is 0 Å². The van der Waals surface area contributed by atoms with Crippen molar-refractivity contribution in [3.05, 3.63) is 12.7 Å². The lowest BCUT2D eigenvalue weighted by molar-refractivity contribution is 0.150. The van der Waals surface area contributed by atoms with Gasteiger partial charge in [0.2, 0.25) is 0 Å². The molecule has 0 aromatic rings. The largest absolute Gasteiger partial charge is 0.377 e. The van der Waals surface area contributed by atoms with Crippen molar-refractivity contribution in [1.29, 1.82) is 0 Å². The van der Waals surface area contributed by atoms with Crippen LogP contribution in [0.2, 0.25) is 0 Å². The maximum atomic E-state index is 11.8. The zero-order valence-corrected chi connectivity index (χ0v) is 5.72. The minimum atomic E-state index is -4.83. The van der Waals surface area contributed by atoms with E-state index < -0.39 is 14.3 Å². The van der Waals surface area contributed by atoms with Gasteiger partial charge in [-0.15, -0.1) is 0 Å². The molecule has 2 nitrogen and oxygen atoms in total. The lowest BCUT2D eigenvalue weighted by atomic mass is 10.7. The predicted octanol–water partition coefficient (Wildman–Crippen LogP) is 1.33. The van der Waals surface area contributed by atoms with Crippen LogP contribution >= 0.6 is 10.7 Å². The van der Waals surface area contributed by atoms with Crippen molar-refractivity contribution in [2.45, 2.75) is 5.25 Å². The number of hydrogen-bond donors (Lipinski definition) is 0. The lowest BCUT2D eigenvalue weighted by Gasteiger charge is -2.03. The van der Waals surface area contributed by atoms with E-state index in [1.807, 2.05) is 0 Å². The van der Waals surface area contributed by atoms with E-state index in [1.165, 1.54) is 0 Å². The van der Waals surface area contributed by atoms with Gasteiger partial charge in [-0.1, -0.05) is 6.58 Å². The van der Waals surface area contributed by atoms with Gasteiger partial charge in [-0.25, -0.2) is 8.42 Å². The number of rotatable bonds is 2. The third kappa shape index (κ3) is 1.91. The van der Waals surface area contributed by atoms with Crippen LogP contribution in [0.15, 0.2) is 12.7 Å². The van der Waals surface area contributed by atoms with E-state index in [9.17, 15) is 17.2 Å². The maximum Gasteiger partial charge on any atom is 0.377 e. The summed E-state index contributed by atoms with van der Waals surface area (Å²) in [6.07, 6.45) is -0.0324. The monoisotopic (exact) mass is 176 g/mol. The highest BCUT2D eigenvalue weighted by Gasteiger charge is 2.39. The lowest BCUT2D eigenvalue weighted by Crippen LogP contribution is -2.20. The van der Waals surface area contributed by atoms with Crippen molar-refractivity contribution >= 4 is 19.7 Å². The van der Waals surface area contributed by atoms with Gasteiger partial charge in [0.15, 0.2) is 0 Å². The van der Waals surface area contributed by atoms with E-state index >= 15 is 0 Å². The first-order valence-corrected chi connectivity index (χ1v) is 4.08. The first-order chi connectivity index (χ1) is 3.81. The van der Waals surface area contributed by atoms with Crippen LogP contribution in [0.3, 0.4) is 0 Å². The smallest absolute Gasteiger partial charge is 0.205 e. The van der Waals surface area contributed by atoms with Crippen LogP contribution in [-0.4, -0.2) is 13.7 Å². The van der Waals surface area contributed by atoms with Gasteiger partial charge < -0.3 is 0 Å². The topological polar surface area (TPSA) is 34.1 Å². The van der Waals surface area contributed by atoms with Gasteiger partial charge in [-0.3, -0.25) is 0 Å². The van der Waals surface area contributed by atoms with Crippen molar-refractivity contribution in [1.82, 2.24) is 0 Å². The Labute approximate surface area is 55.5 Å². The number of alkyl halides is 2. The zero-order valence-electron chi connectivity index (χ0n) is 4.14. The Bertz CT molecular complexity index is 208. The molecule has 0 aliphatic heterocycles. The summed E-state index contributed by atoms with van der Waals surface area (Å²) >= 11 is 0. The van der Waals surface area contributed by atoms with Crippen LogP contribution in [0.5, 0.6) is 0 Å². The van der Waals surface area contributed by atoms with Crippen LogP contribution in [0.25, 0.3) is 0 Å². The van der Waals surface area contributed by atoms with E-state index in [0.717, 1.165) is 0 Å². The van der Waals surface area contributed by atoms with E-state index in [0.29, 0.717) is 0 Å². The summed E-state index contributed by atoms with van der Waals surface area (Å²) in [5, 5.41) is -4.02. The molecule has 0 bridgehead atoms. The second kappa shape index (κ2) is 2.22.